The Morgan fingerprint density at radius 2 is 1.03 bits per heavy atom. The molecule has 1 aliphatic heterocycles. The molecule has 1 aliphatic rings. The molecule has 10 amide bonds. The van der Waals surface area contributed by atoms with Crippen LogP contribution in [-0.4, -0.2) is 182 Å². The molecule has 0 aromatic carbocycles. The predicted octanol–water partition coefficient (Wildman–Crippen LogP) is -8.98. The van der Waals surface area contributed by atoms with Gasteiger partial charge in [-0.05, 0) is 96.4 Å². The highest BCUT2D eigenvalue weighted by atomic mass is 16.3. The molecule has 28 heteroatoms. The number of aliphatic hydroxyl groups is 2. The third kappa shape index (κ3) is 21.2. The van der Waals surface area contributed by atoms with Gasteiger partial charge in [-0.25, -0.2) is 0 Å². The molecule has 0 bridgehead atoms. The first kappa shape index (κ1) is 62.4. The molecule has 0 aromatic heterocycles. The first-order valence-corrected chi connectivity index (χ1v) is 23.6. The molecule has 1 fully saturated rings. The van der Waals surface area contributed by atoms with Gasteiger partial charge in [-0.3, -0.25) is 47.9 Å². The summed E-state index contributed by atoms with van der Waals surface area (Å²) in [5, 5.41) is 45.5. The highest BCUT2D eigenvalue weighted by Gasteiger charge is 2.37. The van der Waals surface area contributed by atoms with Crippen molar-refractivity contribution >= 4 is 59.1 Å². The molecule has 1 rings (SSSR count). The van der Waals surface area contributed by atoms with Gasteiger partial charge in [0.05, 0.1) is 18.8 Å². The van der Waals surface area contributed by atoms with E-state index in [1.807, 2.05) is 0 Å². The van der Waals surface area contributed by atoms with Crippen LogP contribution in [0.25, 0.3) is 0 Å². The third-order valence-corrected chi connectivity index (χ3v) is 11.0. The molecular formula is C42H80N16O12. The Bertz CT molecular complexity index is 1760. The van der Waals surface area contributed by atoms with Gasteiger partial charge in [0.1, 0.15) is 54.4 Å². The topological polar surface area (TPSA) is 488 Å². The SMILES string of the molecule is CC(C)C[C@H]1NC(=O)[C@H](CCN)NC(=O)[C@@H](NC(=O)[C@H](CCN)NC(=O)[C@H](CO)NC(=O)[C@@H](N)CCN)CCNC(=O)[C@H]([C@@H](C)O)NC(=O)[C@H](CCN)NC(=O)[C@H](CCN)NC(=O)[C@H](C(C)C)NC1=O. The van der Waals surface area contributed by atoms with Crippen LogP contribution in [0.3, 0.4) is 0 Å². The fourth-order valence-electron chi connectivity index (χ4n) is 7.02. The second kappa shape index (κ2) is 32.3. The van der Waals surface area contributed by atoms with Gasteiger partial charge < -0.3 is 97.8 Å². The molecule has 1 saturated heterocycles. The maximum absolute atomic E-state index is 14.2. The van der Waals surface area contributed by atoms with Crippen LogP contribution in [-0.2, 0) is 47.9 Å². The molecule has 400 valence electrons. The Hall–Kier alpha value is -5.62. The number of aliphatic hydroxyl groups excluding tert-OH is 2. The zero-order valence-electron chi connectivity index (χ0n) is 40.8. The second-order valence-corrected chi connectivity index (χ2v) is 17.8. The number of hydrogen-bond donors (Lipinski definition) is 18. The Morgan fingerprint density at radius 3 is 1.50 bits per heavy atom. The van der Waals surface area contributed by atoms with Crippen molar-refractivity contribution in [1.29, 1.82) is 0 Å². The van der Waals surface area contributed by atoms with Gasteiger partial charge in [-0.15, -0.1) is 0 Å². The number of hydrogen-bond acceptors (Lipinski definition) is 18. The van der Waals surface area contributed by atoms with E-state index in [-0.39, 0.29) is 77.2 Å². The molecule has 0 unspecified atom stereocenters. The Morgan fingerprint density at radius 1 is 0.571 bits per heavy atom. The number of amides is 10. The van der Waals surface area contributed by atoms with Crippen molar-refractivity contribution in [2.45, 2.75) is 146 Å². The van der Waals surface area contributed by atoms with E-state index in [1.165, 1.54) is 6.92 Å². The van der Waals surface area contributed by atoms with Crippen LogP contribution in [0, 0.1) is 11.8 Å². The molecule has 0 aliphatic carbocycles. The minimum Gasteiger partial charge on any atom is -0.394 e. The summed E-state index contributed by atoms with van der Waals surface area (Å²) in [6.45, 7) is 6.15. The summed E-state index contributed by atoms with van der Waals surface area (Å²) >= 11 is 0. The van der Waals surface area contributed by atoms with Gasteiger partial charge in [0.25, 0.3) is 0 Å². The van der Waals surface area contributed by atoms with E-state index in [9.17, 15) is 58.2 Å². The van der Waals surface area contributed by atoms with Gasteiger partial charge in [0.2, 0.25) is 59.1 Å². The number of nitrogens with one attached hydrogen (secondary N) is 10. The van der Waals surface area contributed by atoms with Crippen molar-refractivity contribution in [3.05, 3.63) is 0 Å². The van der Waals surface area contributed by atoms with E-state index in [1.54, 1.807) is 27.7 Å². The summed E-state index contributed by atoms with van der Waals surface area (Å²) in [6.07, 6.45) is -2.54. The van der Waals surface area contributed by atoms with E-state index in [0.29, 0.717) is 0 Å². The molecule has 70 heavy (non-hydrogen) atoms. The van der Waals surface area contributed by atoms with Crippen LogP contribution in [0.2, 0.25) is 0 Å². The van der Waals surface area contributed by atoms with E-state index in [0.717, 1.165) is 0 Å². The standard InChI is InChI=1S/C42H80N16O12/c1-20(2)18-29-39(67)57-31(21(3)4)42(70)54-26(9-15-46)35(63)51-27(10-16-47)38(66)58-32(22(5)60)41(69)49-17-11-28(37(65)50-25(8-14-45)36(64)55-29)53-34(62)24(7-13-44)52-40(68)30(19-59)56-33(61)23(48)6-12-43/h20-32,59-60H,6-19,43-48H2,1-5H3,(H,49,69)(H,50,65)(H,51,63)(H,52,68)(H,53,62)(H,54,70)(H,55,64)(H,56,61)(H,57,67)(H,58,66)/t22-,23+,24+,25+,26+,27+,28+,29-,30+,31+,32+/m1/s1. The van der Waals surface area contributed by atoms with Crippen molar-refractivity contribution < 1.29 is 58.2 Å². The van der Waals surface area contributed by atoms with Gasteiger partial charge in [0, 0.05) is 6.54 Å². The zero-order chi connectivity index (χ0) is 53.2. The Labute approximate surface area is 407 Å². The smallest absolute Gasteiger partial charge is 0.245 e. The minimum absolute atomic E-state index is 0.0531. The number of carbonyl (C=O) groups excluding carboxylic acids is 10. The zero-order valence-corrected chi connectivity index (χ0v) is 40.8. The van der Waals surface area contributed by atoms with Crippen LogP contribution < -0.4 is 87.6 Å². The fourth-order valence-corrected chi connectivity index (χ4v) is 7.02. The van der Waals surface area contributed by atoms with Crippen molar-refractivity contribution in [3.8, 4) is 0 Å². The number of rotatable bonds is 21. The van der Waals surface area contributed by atoms with E-state index in [2.05, 4.69) is 53.2 Å². The third-order valence-electron chi connectivity index (χ3n) is 11.0. The van der Waals surface area contributed by atoms with Crippen molar-refractivity contribution in [3.63, 3.8) is 0 Å². The van der Waals surface area contributed by atoms with Crippen LogP contribution in [0.15, 0.2) is 0 Å². The van der Waals surface area contributed by atoms with E-state index >= 15 is 0 Å². The van der Waals surface area contributed by atoms with Gasteiger partial charge in [-0.2, -0.15) is 0 Å². The summed E-state index contributed by atoms with van der Waals surface area (Å²) in [6, 6.07) is -14.2. The fraction of sp³-hybridized carbons (Fsp3) is 0.762. The quantitative estimate of drug-likeness (QED) is 0.0508. The molecule has 11 atom stereocenters. The molecule has 0 saturated carbocycles. The molecule has 1 heterocycles. The lowest BCUT2D eigenvalue weighted by atomic mass is 9.99. The summed E-state index contributed by atoms with van der Waals surface area (Å²) < 4.78 is 0. The first-order valence-electron chi connectivity index (χ1n) is 23.6. The van der Waals surface area contributed by atoms with Crippen molar-refractivity contribution in [2.75, 3.05) is 45.9 Å². The van der Waals surface area contributed by atoms with E-state index < -0.39 is 151 Å². The van der Waals surface area contributed by atoms with Crippen molar-refractivity contribution in [2.24, 2.45) is 46.2 Å². The first-order chi connectivity index (χ1) is 33.0. The molecule has 24 N–H and O–H groups in total. The lowest BCUT2D eigenvalue weighted by molar-refractivity contribution is -0.136. The number of carbonyl (C=O) groups is 10. The van der Waals surface area contributed by atoms with Gasteiger partial charge in [-0.1, -0.05) is 27.7 Å². The van der Waals surface area contributed by atoms with Crippen LogP contribution in [0.4, 0.5) is 0 Å². The lowest BCUT2D eigenvalue weighted by Crippen LogP contribution is -2.61. The van der Waals surface area contributed by atoms with E-state index in [4.69, 9.17) is 34.4 Å². The van der Waals surface area contributed by atoms with Crippen LogP contribution in [0.5, 0.6) is 0 Å². The summed E-state index contributed by atoms with van der Waals surface area (Å²) in [4.78, 5) is 137. The van der Waals surface area contributed by atoms with Gasteiger partial charge in [0.15, 0.2) is 0 Å². The van der Waals surface area contributed by atoms with Crippen LogP contribution >= 0.6 is 0 Å². The molecule has 0 radical (unpaired) electrons. The lowest BCUT2D eigenvalue weighted by Gasteiger charge is -2.29. The molecular weight excluding hydrogens is 921 g/mol. The van der Waals surface area contributed by atoms with Crippen molar-refractivity contribution in [1.82, 2.24) is 53.2 Å². The minimum atomic E-state index is -1.66. The predicted molar refractivity (Wildman–Crippen MR) is 254 cm³/mol. The van der Waals surface area contributed by atoms with Gasteiger partial charge >= 0.3 is 0 Å². The summed E-state index contributed by atoms with van der Waals surface area (Å²) in [5.41, 5.74) is 34.4. The average Bonchev–Trinajstić information content (AvgIpc) is 3.29. The number of nitrogens with two attached hydrogens (primary N) is 6. The highest BCUT2D eigenvalue weighted by Crippen LogP contribution is 2.11. The maximum Gasteiger partial charge on any atom is 0.245 e. The summed E-state index contributed by atoms with van der Waals surface area (Å²) in [7, 11) is 0. The highest BCUT2D eigenvalue weighted by molar-refractivity contribution is 5.99. The maximum atomic E-state index is 14.2. The molecule has 0 aromatic rings. The van der Waals surface area contributed by atoms with Crippen LogP contribution in [0.1, 0.15) is 79.6 Å². The molecule has 28 nitrogen and oxygen atoms in total. The largest absolute Gasteiger partial charge is 0.394 e. The second-order valence-electron chi connectivity index (χ2n) is 17.8. The average molecular weight is 1000 g/mol. The summed E-state index contributed by atoms with van der Waals surface area (Å²) in [5.74, 6) is -9.83. The molecule has 0 spiro atoms. The Balaban J connectivity index is 3.85. The normalized spacial score (nSPS) is 24.6. The monoisotopic (exact) mass is 1000 g/mol. The Kier molecular flexibility index (Phi) is 28.8.